The zero-order chi connectivity index (χ0) is 15.9. The molecule has 124 valence electrons. The monoisotopic (exact) mass is 323 g/mol. The van der Waals surface area contributed by atoms with E-state index >= 15 is 0 Å². The average molecular weight is 324 g/mol. The van der Waals surface area contributed by atoms with Crippen LogP contribution in [0.2, 0.25) is 0 Å². The van der Waals surface area contributed by atoms with Crippen molar-refractivity contribution in [3.05, 3.63) is 16.1 Å². The van der Waals surface area contributed by atoms with Gasteiger partial charge in [-0.25, -0.2) is 4.98 Å². The highest BCUT2D eigenvalue weighted by molar-refractivity contribution is 7.11. The smallest absolute Gasteiger partial charge is 0.191 e. The van der Waals surface area contributed by atoms with E-state index in [0.717, 1.165) is 24.1 Å². The van der Waals surface area contributed by atoms with E-state index in [1.807, 2.05) is 13.2 Å². The highest BCUT2D eigenvalue weighted by atomic mass is 32.1. The average Bonchev–Trinajstić information content (AvgIpc) is 2.93. The largest absolute Gasteiger partial charge is 0.356 e. The fourth-order valence-electron chi connectivity index (χ4n) is 2.84. The molecule has 0 bridgehead atoms. The van der Waals surface area contributed by atoms with E-state index in [2.05, 4.69) is 46.3 Å². The van der Waals surface area contributed by atoms with Crippen molar-refractivity contribution >= 4 is 17.3 Å². The molecule has 1 aromatic heterocycles. The molecule has 0 spiro atoms. The van der Waals surface area contributed by atoms with Crippen LogP contribution in [0.1, 0.15) is 36.6 Å². The summed E-state index contributed by atoms with van der Waals surface area (Å²) in [4.78, 5) is 12.5. The molecule has 1 atom stereocenters. The second-order valence-electron chi connectivity index (χ2n) is 6.27. The quantitative estimate of drug-likeness (QED) is 0.644. The van der Waals surface area contributed by atoms with Crippen LogP contribution in [0.25, 0.3) is 0 Å². The van der Waals surface area contributed by atoms with Crippen molar-refractivity contribution in [1.29, 1.82) is 0 Å². The lowest BCUT2D eigenvalue weighted by Crippen LogP contribution is -2.45. The maximum atomic E-state index is 4.37. The number of aliphatic imine (C=N–C) groups is 1. The minimum atomic E-state index is 0.647. The first-order valence-corrected chi connectivity index (χ1v) is 9.00. The number of nitrogens with zero attached hydrogens (tertiary/aromatic N) is 3. The van der Waals surface area contributed by atoms with E-state index < -0.39 is 0 Å². The summed E-state index contributed by atoms with van der Waals surface area (Å²) in [7, 11) is 1.82. The number of guanidine groups is 1. The summed E-state index contributed by atoms with van der Waals surface area (Å²) < 4.78 is 0. The summed E-state index contributed by atoms with van der Waals surface area (Å²) in [5, 5.41) is 7.91. The normalized spacial score (nSPS) is 20.4. The van der Waals surface area contributed by atoms with Crippen LogP contribution in [0.5, 0.6) is 0 Å². The van der Waals surface area contributed by atoms with E-state index in [1.54, 1.807) is 11.3 Å². The highest BCUT2D eigenvalue weighted by Crippen LogP contribution is 2.17. The molecule has 1 fully saturated rings. The zero-order valence-electron chi connectivity index (χ0n) is 14.2. The summed E-state index contributed by atoms with van der Waals surface area (Å²) >= 11 is 1.73. The van der Waals surface area contributed by atoms with Crippen molar-refractivity contribution in [3.63, 3.8) is 0 Å². The molecule has 2 N–H and O–H groups in total. The zero-order valence-corrected chi connectivity index (χ0v) is 15.0. The Hall–Kier alpha value is -1.14. The molecule has 22 heavy (non-hydrogen) atoms. The maximum absolute atomic E-state index is 4.37. The summed E-state index contributed by atoms with van der Waals surface area (Å²) in [6.07, 6.45) is 4.52. The maximum Gasteiger partial charge on any atom is 0.191 e. The number of hydrogen-bond acceptors (Lipinski definition) is 4. The van der Waals surface area contributed by atoms with Crippen LogP contribution in [0, 0.1) is 12.8 Å². The Bertz CT molecular complexity index is 483. The first-order chi connectivity index (χ1) is 10.6. The molecule has 2 heterocycles. The third-order valence-electron chi connectivity index (χ3n) is 4.14. The van der Waals surface area contributed by atoms with Gasteiger partial charge in [0.15, 0.2) is 5.96 Å². The molecule has 6 heteroatoms. The second kappa shape index (κ2) is 8.48. The van der Waals surface area contributed by atoms with E-state index in [4.69, 9.17) is 0 Å². The Morgan fingerprint density at radius 2 is 2.32 bits per heavy atom. The van der Waals surface area contributed by atoms with Crippen LogP contribution in [0.3, 0.4) is 0 Å². The first-order valence-electron chi connectivity index (χ1n) is 8.18. The number of thiazole rings is 1. The predicted octanol–water partition coefficient (Wildman–Crippen LogP) is 2.24. The number of hydrogen-bond donors (Lipinski definition) is 2. The summed E-state index contributed by atoms with van der Waals surface area (Å²) in [6.45, 7) is 10.8. The fraction of sp³-hybridized carbons (Fsp3) is 0.750. The Morgan fingerprint density at radius 3 is 2.95 bits per heavy atom. The van der Waals surface area contributed by atoms with Gasteiger partial charge in [-0.15, -0.1) is 11.3 Å². The van der Waals surface area contributed by atoms with Crippen LogP contribution < -0.4 is 10.6 Å². The molecule has 1 aliphatic rings. The van der Waals surface area contributed by atoms with Crippen molar-refractivity contribution < 1.29 is 0 Å². The van der Waals surface area contributed by atoms with Gasteiger partial charge >= 0.3 is 0 Å². The summed E-state index contributed by atoms with van der Waals surface area (Å²) in [5.41, 5.74) is 0. The minimum absolute atomic E-state index is 0.647. The number of rotatable bonds is 5. The van der Waals surface area contributed by atoms with E-state index in [0.29, 0.717) is 12.0 Å². The van der Waals surface area contributed by atoms with Gasteiger partial charge in [0, 0.05) is 37.3 Å². The SMILES string of the molecule is CN=C(NCc1ncc(C)s1)NCC1CCCN(C(C)C)C1. The Kier molecular flexibility index (Phi) is 6.64. The molecule has 5 nitrogen and oxygen atoms in total. The van der Waals surface area contributed by atoms with Gasteiger partial charge in [0.05, 0.1) is 6.54 Å². The van der Waals surface area contributed by atoms with Crippen molar-refractivity contribution in [1.82, 2.24) is 20.5 Å². The molecule has 1 aliphatic heterocycles. The number of aromatic nitrogens is 1. The van der Waals surface area contributed by atoms with E-state index in [9.17, 15) is 0 Å². The van der Waals surface area contributed by atoms with Gasteiger partial charge in [-0.1, -0.05) is 0 Å². The van der Waals surface area contributed by atoms with Crippen molar-refractivity contribution in [2.24, 2.45) is 10.9 Å². The third-order valence-corrected chi connectivity index (χ3v) is 5.05. The van der Waals surface area contributed by atoms with Crippen molar-refractivity contribution in [3.8, 4) is 0 Å². The number of aryl methyl sites for hydroxylation is 1. The highest BCUT2D eigenvalue weighted by Gasteiger charge is 2.21. The predicted molar refractivity (Wildman–Crippen MR) is 94.5 cm³/mol. The van der Waals surface area contributed by atoms with Gasteiger partial charge in [-0.05, 0) is 46.1 Å². The summed E-state index contributed by atoms with van der Waals surface area (Å²) in [5.74, 6) is 1.58. The third kappa shape index (κ3) is 5.25. The van der Waals surface area contributed by atoms with Crippen molar-refractivity contribution in [2.45, 2.75) is 46.2 Å². The van der Waals surface area contributed by atoms with Crippen LogP contribution in [0.15, 0.2) is 11.2 Å². The second-order valence-corrected chi connectivity index (χ2v) is 7.59. The van der Waals surface area contributed by atoms with Crippen LogP contribution in [-0.2, 0) is 6.54 Å². The molecule has 1 saturated heterocycles. The molecule has 1 unspecified atom stereocenters. The molecule has 0 aliphatic carbocycles. The van der Waals surface area contributed by atoms with Gasteiger partial charge in [-0.2, -0.15) is 0 Å². The molecule has 1 aromatic rings. The Balaban J connectivity index is 1.74. The van der Waals surface area contributed by atoms with Crippen LogP contribution >= 0.6 is 11.3 Å². The molecule has 0 aromatic carbocycles. The Labute approximate surface area is 138 Å². The lowest BCUT2D eigenvalue weighted by Gasteiger charge is -2.35. The number of piperidine rings is 1. The van der Waals surface area contributed by atoms with Crippen LogP contribution in [0.4, 0.5) is 0 Å². The lowest BCUT2D eigenvalue weighted by molar-refractivity contribution is 0.141. The van der Waals surface area contributed by atoms with Gasteiger partial charge in [0.1, 0.15) is 5.01 Å². The van der Waals surface area contributed by atoms with Gasteiger partial charge < -0.3 is 15.5 Å². The molecule has 0 amide bonds. The number of likely N-dealkylation sites (tertiary alicyclic amines) is 1. The first kappa shape index (κ1) is 17.2. The molecule has 2 rings (SSSR count). The van der Waals surface area contributed by atoms with E-state index in [-0.39, 0.29) is 0 Å². The summed E-state index contributed by atoms with van der Waals surface area (Å²) in [6, 6.07) is 0.647. The molecular weight excluding hydrogens is 294 g/mol. The fourth-order valence-corrected chi connectivity index (χ4v) is 3.56. The molecule has 0 radical (unpaired) electrons. The molecule has 0 saturated carbocycles. The minimum Gasteiger partial charge on any atom is -0.356 e. The van der Waals surface area contributed by atoms with Crippen molar-refractivity contribution in [2.75, 3.05) is 26.7 Å². The van der Waals surface area contributed by atoms with Crippen LogP contribution in [-0.4, -0.2) is 48.6 Å². The topological polar surface area (TPSA) is 52.6 Å². The molecular formula is C16H29N5S. The van der Waals surface area contributed by atoms with E-state index in [1.165, 1.54) is 30.8 Å². The van der Waals surface area contributed by atoms with Gasteiger partial charge in [0.2, 0.25) is 0 Å². The standard InChI is InChI=1S/C16H29N5S/c1-12(2)21-7-5-6-14(11-21)9-19-16(17-4)20-10-15-18-8-13(3)22-15/h8,12,14H,5-7,9-11H2,1-4H3,(H2,17,19,20). The van der Waals surface area contributed by atoms with Gasteiger partial charge in [-0.3, -0.25) is 4.99 Å². The number of nitrogens with one attached hydrogen (secondary N) is 2. The van der Waals surface area contributed by atoms with Gasteiger partial charge in [0.25, 0.3) is 0 Å². The lowest BCUT2D eigenvalue weighted by atomic mass is 9.97. The Morgan fingerprint density at radius 1 is 1.50 bits per heavy atom.